The molecule has 100 valence electrons. The highest BCUT2D eigenvalue weighted by atomic mass is 16.3. The molecule has 0 amide bonds. The van der Waals surface area contributed by atoms with Gasteiger partial charge in [-0.3, -0.25) is 4.90 Å². The molecule has 1 aliphatic rings. The standard InChI is InChI=1S/C15H24N2O/c1-3-12-10-17(8-7-15(12)16)11(2)13-5-4-6-14(18)9-13/h4-6,9,11-12,15,18H,3,7-8,10,16H2,1-2H3. The predicted octanol–water partition coefficient (Wildman–Crippen LogP) is 2.51. The topological polar surface area (TPSA) is 49.5 Å². The maximum absolute atomic E-state index is 9.56. The Labute approximate surface area is 110 Å². The van der Waals surface area contributed by atoms with Crippen LogP contribution in [0.5, 0.6) is 5.75 Å². The van der Waals surface area contributed by atoms with Gasteiger partial charge in [-0.15, -0.1) is 0 Å². The van der Waals surface area contributed by atoms with Crippen LogP contribution in [0.15, 0.2) is 24.3 Å². The second-order valence-corrected chi connectivity index (χ2v) is 5.39. The molecule has 3 unspecified atom stereocenters. The second kappa shape index (κ2) is 5.72. The van der Waals surface area contributed by atoms with Crippen molar-refractivity contribution in [2.75, 3.05) is 13.1 Å². The maximum Gasteiger partial charge on any atom is 0.115 e. The summed E-state index contributed by atoms with van der Waals surface area (Å²) in [6.07, 6.45) is 2.21. The molecule has 0 bridgehead atoms. The van der Waals surface area contributed by atoms with E-state index in [1.807, 2.05) is 12.1 Å². The molecule has 1 aromatic carbocycles. The highest BCUT2D eigenvalue weighted by Crippen LogP contribution is 2.28. The SMILES string of the molecule is CCC1CN(C(C)c2cccc(O)c2)CCC1N. The summed E-state index contributed by atoms with van der Waals surface area (Å²) >= 11 is 0. The third-order valence-electron chi connectivity index (χ3n) is 4.25. The summed E-state index contributed by atoms with van der Waals surface area (Å²) in [5, 5.41) is 9.56. The summed E-state index contributed by atoms with van der Waals surface area (Å²) < 4.78 is 0. The number of likely N-dealkylation sites (tertiary alicyclic amines) is 1. The number of nitrogens with zero attached hydrogens (tertiary/aromatic N) is 1. The van der Waals surface area contributed by atoms with Gasteiger partial charge >= 0.3 is 0 Å². The fourth-order valence-corrected chi connectivity index (χ4v) is 2.86. The number of phenolic OH excluding ortho intramolecular Hbond substituents is 1. The van der Waals surface area contributed by atoms with Gasteiger partial charge in [-0.1, -0.05) is 25.5 Å². The molecule has 3 heteroatoms. The van der Waals surface area contributed by atoms with E-state index in [1.54, 1.807) is 6.07 Å². The lowest BCUT2D eigenvalue weighted by Crippen LogP contribution is -2.47. The molecule has 1 fully saturated rings. The average Bonchev–Trinajstić information content (AvgIpc) is 2.38. The lowest BCUT2D eigenvalue weighted by Gasteiger charge is -2.40. The molecule has 0 radical (unpaired) electrons. The third-order valence-corrected chi connectivity index (χ3v) is 4.25. The van der Waals surface area contributed by atoms with Crippen LogP contribution in [0.2, 0.25) is 0 Å². The Morgan fingerprint density at radius 3 is 2.94 bits per heavy atom. The van der Waals surface area contributed by atoms with E-state index in [-0.39, 0.29) is 0 Å². The second-order valence-electron chi connectivity index (χ2n) is 5.39. The molecular formula is C15H24N2O. The Kier molecular flexibility index (Phi) is 4.25. The van der Waals surface area contributed by atoms with Crippen LogP contribution in [0.3, 0.4) is 0 Å². The van der Waals surface area contributed by atoms with E-state index in [0.29, 0.717) is 23.8 Å². The number of piperidine rings is 1. The number of nitrogens with two attached hydrogens (primary N) is 1. The number of aromatic hydroxyl groups is 1. The van der Waals surface area contributed by atoms with Crippen molar-refractivity contribution >= 4 is 0 Å². The molecule has 0 aromatic heterocycles. The van der Waals surface area contributed by atoms with Gasteiger partial charge in [0.2, 0.25) is 0 Å². The molecule has 3 atom stereocenters. The van der Waals surface area contributed by atoms with Gasteiger partial charge in [0.25, 0.3) is 0 Å². The van der Waals surface area contributed by atoms with E-state index in [2.05, 4.69) is 24.8 Å². The summed E-state index contributed by atoms with van der Waals surface area (Å²) in [5.41, 5.74) is 7.33. The number of benzene rings is 1. The van der Waals surface area contributed by atoms with Crippen LogP contribution in [-0.2, 0) is 0 Å². The monoisotopic (exact) mass is 248 g/mol. The van der Waals surface area contributed by atoms with Gasteiger partial charge < -0.3 is 10.8 Å². The zero-order chi connectivity index (χ0) is 13.1. The van der Waals surface area contributed by atoms with Crippen LogP contribution in [0, 0.1) is 5.92 Å². The Balaban J connectivity index is 2.07. The Hall–Kier alpha value is -1.06. The van der Waals surface area contributed by atoms with Crippen LogP contribution in [0.25, 0.3) is 0 Å². The Bertz CT molecular complexity index is 394. The summed E-state index contributed by atoms with van der Waals surface area (Å²) in [7, 11) is 0. The number of hydrogen-bond donors (Lipinski definition) is 2. The maximum atomic E-state index is 9.56. The number of phenols is 1. The van der Waals surface area contributed by atoms with Crippen molar-refractivity contribution in [3.05, 3.63) is 29.8 Å². The van der Waals surface area contributed by atoms with Gasteiger partial charge in [-0.05, 0) is 37.0 Å². The number of hydrogen-bond acceptors (Lipinski definition) is 3. The van der Waals surface area contributed by atoms with Gasteiger partial charge in [0.05, 0.1) is 0 Å². The smallest absolute Gasteiger partial charge is 0.115 e. The minimum atomic E-state index is 0.346. The first-order valence-corrected chi connectivity index (χ1v) is 6.90. The quantitative estimate of drug-likeness (QED) is 0.864. The highest BCUT2D eigenvalue weighted by Gasteiger charge is 2.28. The molecule has 0 spiro atoms. The third kappa shape index (κ3) is 2.85. The fraction of sp³-hybridized carbons (Fsp3) is 0.600. The number of rotatable bonds is 3. The first-order valence-electron chi connectivity index (χ1n) is 6.90. The van der Waals surface area contributed by atoms with Crippen molar-refractivity contribution in [1.29, 1.82) is 0 Å². The van der Waals surface area contributed by atoms with Crippen molar-refractivity contribution in [3.63, 3.8) is 0 Å². The molecule has 0 saturated carbocycles. The molecule has 3 nitrogen and oxygen atoms in total. The first-order chi connectivity index (χ1) is 8.61. The predicted molar refractivity (Wildman–Crippen MR) is 74.5 cm³/mol. The summed E-state index contributed by atoms with van der Waals surface area (Å²) in [6.45, 7) is 6.54. The largest absolute Gasteiger partial charge is 0.508 e. The van der Waals surface area contributed by atoms with E-state index in [4.69, 9.17) is 5.73 Å². The minimum absolute atomic E-state index is 0.346. The summed E-state index contributed by atoms with van der Waals surface area (Å²) in [4.78, 5) is 2.48. The van der Waals surface area contributed by atoms with Crippen molar-refractivity contribution in [1.82, 2.24) is 4.90 Å². The zero-order valence-corrected chi connectivity index (χ0v) is 11.3. The normalized spacial score (nSPS) is 27.1. The Morgan fingerprint density at radius 1 is 1.50 bits per heavy atom. The molecule has 18 heavy (non-hydrogen) atoms. The average molecular weight is 248 g/mol. The van der Waals surface area contributed by atoms with E-state index < -0.39 is 0 Å². The van der Waals surface area contributed by atoms with E-state index in [1.165, 1.54) is 5.56 Å². The van der Waals surface area contributed by atoms with Crippen LogP contribution in [0.1, 0.15) is 38.3 Å². The van der Waals surface area contributed by atoms with Gasteiger partial charge in [-0.2, -0.15) is 0 Å². The van der Waals surface area contributed by atoms with Crippen molar-refractivity contribution < 1.29 is 5.11 Å². The molecule has 1 heterocycles. The van der Waals surface area contributed by atoms with Crippen molar-refractivity contribution in [3.8, 4) is 5.75 Å². The van der Waals surface area contributed by atoms with Crippen molar-refractivity contribution in [2.45, 2.75) is 38.8 Å². The van der Waals surface area contributed by atoms with Crippen LogP contribution in [-0.4, -0.2) is 29.1 Å². The summed E-state index contributed by atoms with van der Waals surface area (Å²) in [6, 6.07) is 8.27. The van der Waals surface area contributed by atoms with E-state index in [0.717, 1.165) is 25.9 Å². The zero-order valence-electron chi connectivity index (χ0n) is 11.3. The molecule has 3 N–H and O–H groups in total. The first kappa shape index (κ1) is 13.4. The van der Waals surface area contributed by atoms with E-state index >= 15 is 0 Å². The van der Waals surface area contributed by atoms with Crippen LogP contribution >= 0.6 is 0 Å². The van der Waals surface area contributed by atoms with Gasteiger partial charge in [-0.25, -0.2) is 0 Å². The highest BCUT2D eigenvalue weighted by molar-refractivity contribution is 5.29. The molecule has 1 aliphatic heterocycles. The summed E-state index contributed by atoms with van der Waals surface area (Å²) in [5.74, 6) is 0.943. The van der Waals surface area contributed by atoms with Gasteiger partial charge in [0.1, 0.15) is 5.75 Å². The lowest BCUT2D eigenvalue weighted by molar-refractivity contribution is 0.114. The molecule has 1 saturated heterocycles. The fourth-order valence-electron chi connectivity index (χ4n) is 2.86. The molecule has 1 aromatic rings. The Morgan fingerprint density at radius 2 is 2.28 bits per heavy atom. The lowest BCUT2D eigenvalue weighted by atomic mass is 9.89. The molecule has 0 aliphatic carbocycles. The molecular weight excluding hydrogens is 224 g/mol. The van der Waals surface area contributed by atoms with Gasteiger partial charge in [0.15, 0.2) is 0 Å². The van der Waals surface area contributed by atoms with E-state index in [9.17, 15) is 5.11 Å². The van der Waals surface area contributed by atoms with Crippen molar-refractivity contribution in [2.24, 2.45) is 11.7 Å². The van der Waals surface area contributed by atoms with Crippen LogP contribution in [0.4, 0.5) is 0 Å². The van der Waals surface area contributed by atoms with Crippen LogP contribution < -0.4 is 5.73 Å². The molecule has 2 rings (SSSR count). The van der Waals surface area contributed by atoms with Gasteiger partial charge in [0, 0.05) is 25.2 Å². The minimum Gasteiger partial charge on any atom is -0.508 e.